The fourth-order valence-corrected chi connectivity index (χ4v) is 2.09. The molecule has 0 radical (unpaired) electrons. The van der Waals surface area contributed by atoms with Crippen molar-refractivity contribution in [3.05, 3.63) is 68.2 Å². The molecule has 0 atom stereocenters. The first-order valence-corrected chi connectivity index (χ1v) is 6.56. The van der Waals surface area contributed by atoms with Crippen molar-refractivity contribution in [2.45, 2.75) is 0 Å². The zero-order valence-electron chi connectivity index (χ0n) is 10.5. The summed E-state index contributed by atoms with van der Waals surface area (Å²) in [5.74, 6) is -0.638. The van der Waals surface area contributed by atoms with Gasteiger partial charge < -0.3 is 5.32 Å². The molecule has 0 unspecified atom stereocenters. The van der Waals surface area contributed by atoms with Crippen LogP contribution in [0.4, 0.5) is 11.4 Å². The second kappa shape index (κ2) is 6.15. The van der Waals surface area contributed by atoms with Gasteiger partial charge in [-0.3, -0.25) is 14.9 Å². The molecule has 6 nitrogen and oxygen atoms in total. The smallest absolute Gasteiger partial charge is 0.282 e. The van der Waals surface area contributed by atoms with Crippen molar-refractivity contribution in [2.24, 2.45) is 0 Å². The van der Waals surface area contributed by atoms with Gasteiger partial charge in [-0.1, -0.05) is 28.1 Å². The van der Waals surface area contributed by atoms with Crippen molar-refractivity contribution in [1.29, 1.82) is 5.26 Å². The standard InChI is InChI=1S/C14H8BrN3O3/c15-10-5-6-12(9(7-10)8-16)17-14(19)11-3-1-2-4-13(11)18(20)21/h1-7H,(H,17,19). The monoisotopic (exact) mass is 345 g/mol. The third kappa shape index (κ3) is 3.24. The van der Waals surface area contributed by atoms with E-state index >= 15 is 0 Å². The van der Waals surface area contributed by atoms with Crippen molar-refractivity contribution in [1.82, 2.24) is 0 Å². The van der Waals surface area contributed by atoms with Crippen molar-refractivity contribution in [3.63, 3.8) is 0 Å². The van der Waals surface area contributed by atoms with Gasteiger partial charge in [0.1, 0.15) is 11.6 Å². The Bertz CT molecular complexity index is 768. The summed E-state index contributed by atoms with van der Waals surface area (Å²) in [5, 5.41) is 22.5. The number of anilines is 1. The number of amides is 1. The Morgan fingerprint density at radius 1 is 1.29 bits per heavy atom. The largest absolute Gasteiger partial charge is 0.321 e. The lowest BCUT2D eigenvalue weighted by Crippen LogP contribution is -2.14. The highest BCUT2D eigenvalue weighted by molar-refractivity contribution is 9.10. The van der Waals surface area contributed by atoms with Gasteiger partial charge in [0.2, 0.25) is 0 Å². The Hall–Kier alpha value is -2.72. The average molecular weight is 346 g/mol. The topological polar surface area (TPSA) is 96.0 Å². The number of nitrogens with one attached hydrogen (secondary N) is 1. The Balaban J connectivity index is 2.36. The summed E-state index contributed by atoms with van der Waals surface area (Å²) in [6.45, 7) is 0. The average Bonchev–Trinajstić information content (AvgIpc) is 2.48. The fourth-order valence-electron chi connectivity index (χ4n) is 1.73. The quantitative estimate of drug-likeness (QED) is 0.680. The van der Waals surface area contributed by atoms with E-state index in [1.807, 2.05) is 6.07 Å². The maximum Gasteiger partial charge on any atom is 0.282 e. The molecule has 1 N–H and O–H groups in total. The van der Waals surface area contributed by atoms with E-state index in [0.717, 1.165) is 0 Å². The Labute approximate surface area is 128 Å². The minimum atomic E-state index is -0.638. The summed E-state index contributed by atoms with van der Waals surface area (Å²) in [5.41, 5.74) is 0.208. The molecule has 2 aromatic rings. The molecule has 0 aliphatic heterocycles. The van der Waals surface area contributed by atoms with Crippen LogP contribution < -0.4 is 5.32 Å². The molecular weight excluding hydrogens is 338 g/mol. The molecule has 1 amide bonds. The molecule has 0 saturated carbocycles. The molecule has 2 aromatic carbocycles. The zero-order valence-corrected chi connectivity index (χ0v) is 12.1. The summed E-state index contributed by atoms with van der Waals surface area (Å²) in [4.78, 5) is 22.4. The van der Waals surface area contributed by atoms with E-state index in [1.54, 1.807) is 18.2 Å². The van der Waals surface area contributed by atoms with Crippen LogP contribution in [-0.2, 0) is 0 Å². The summed E-state index contributed by atoms with van der Waals surface area (Å²) in [7, 11) is 0. The van der Waals surface area contributed by atoms with Crippen molar-refractivity contribution in [3.8, 4) is 6.07 Å². The van der Waals surface area contributed by atoms with Crippen molar-refractivity contribution in [2.75, 3.05) is 5.32 Å². The van der Waals surface area contributed by atoms with Crippen LogP contribution in [0.25, 0.3) is 0 Å². The van der Waals surface area contributed by atoms with Gasteiger partial charge in [-0.2, -0.15) is 5.26 Å². The summed E-state index contributed by atoms with van der Waals surface area (Å²) >= 11 is 3.23. The number of carbonyl (C=O) groups excluding carboxylic acids is 1. The minimum Gasteiger partial charge on any atom is -0.321 e. The Kier molecular flexibility index (Phi) is 4.30. The third-order valence-corrected chi connectivity index (χ3v) is 3.19. The van der Waals surface area contributed by atoms with Gasteiger partial charge in [-0.05, 0) is 24.3 Å². The highest BCUT2D eigenvalue weighted by Gasteiger charge is 2.19. The van der Waals surface area contributed by atoms with E-state index in [4.69, 9.17) is 5.26 Å². The number of carbonyl (C=O) groups is 1. The number of nitriles is 1. The van der Waals surface area contributed by atoms with Gasteiger partial charge in [-0.25, -0.2) is 0 Å². The van der Waals surface area contributed by atoms with Gasteiger partial charge in [0.25, 0.3) is 11.6 Å². The van der Waals surface area contributed by atoms with Crippen LogP contribution in [0.1, 0.15) is 15.9 Å². The fraction of sp³-hybridized carbons (Fsp3) is 0. The molecule has 21 heavy (non-hydrogen) atoms. The number of nitro groups is 1. The Morgan fingerprint density at radius 3 is 2.67 bits per heavy atom. The van der Waals surface area contributed by atoms with Gasteiger partial charge in [0.15, 0.2) is 0 Å². The first-order chi connectivity index (χ1) is 10.0. The number of hydrogen-bond donors (Lipinski definition) is 1. The van der Waals surface area contributed by atoms with Crippen LogP contribution in [0.3, 0.4) is 0 Å². The molecule has 0 saturated heterocycles. The number of nitro benzene ring substituents is 1. The molecular formula is C14H8BrN3O3. The predicted molar refractivity (Wildman–Crippen MR) is 79.9 cm³/mol. The van der Waals surface area contributed by atoms with Crippen LogP contribution in [0.5, 0.6) is 0 Å². The second-order valence-corrected chi connectivity index (χ2v) is 4.95. The number of benzene rings is 2. The first-order valence-electron chi connectivity index (χ1n) is 5.77. The molecule has 0 aromatic heterocycles. The highest BCUT2D eigenvalue weighted by atomic mass is 79.9. The highest BCUT2D eigenvalue weighted by Crippen LogP contribution is 2.23. The van der Waals surface area contributed by atoms with Crippen LogP contribution in [0.15, 0.2) is 46.9 Å². The molecule has 0 aliphatic rings. The van der Waals surface area contributed by atoms with E-state index < -0.39 is 10.8 Å². The van der Waals surface area contributed by atoms with Crippen LogP contribution in [-0.4, -0.2) is 10.8 Å². The van der Waals surface area contributed by atoms with Crippen LogP contribution in [0, 0.1) is 21.4 Å². The van der Waals surface area contributed by atoms with Crippen molar-refractivity contribution >= 4 is 33.2 Å². The van der Waals surface area contributed by atoms with E-state index in [-0.39, 0.29) is 16.8 Å². The second-order valence-electron chi connectivity index (χ2n) is 4.03. The minimum absolute atomic E-state index is 0.0608. The lowest BCUT2D eigenvalue weighted by molar-refractivity contribution is -0.385. The number of nitrogens with zero attached hydrogens (tertiary/aromatic N) is 2. The van der Waals surface area contributed by atoms with Gasteiger partial charge in [-0.15, -0.1) is 0 Å². The van der Waals surface area contributed by atoms with Crippen LogP contribution in [0.2, 0.25) is 0 Å². The van der Waals surface area contributed by atoms with E-state index in [0.29, 0.717) is 10.2 Å². The maximum absolute atomic E-state index is 12.2. The summed E-state index contributed by atoms with van der Waals surface area (Å²) in [6, 6.07) is 12.3. The van der Waals surface area contributed by atoms with E-state index in [9.17, 15) is 14.9 Å². The molecule has 7 heteroatoms. The Morgan fingerprint density at radius 2 is 2.00 bits per heavy atom. The lowest BCUT2D eigenvalue weighted by atomic mass is 10.1. The number of halogens is 1. The maximum atomic E-state index is 12.2. The third-order valence-electron chi connectivity index (χ3n) is 2.70. The zero-order chi connectivity index (χ0) is 15.4. The first kappa shape index (κ1) is 14.7. The normalized spacial score (nSPS) is 9.71. The van der Waals surface area contributed by atoms with Crippen molar-refractivity contribution < 1.29 is 9.72 Å². The summed E-state index contributed by atoms with van der Waals surface area (Å²) < 4.78 is 0.697. The van der Waals surface area contributed by atoms with E-state index in [1.165, 1.54) is 24.3 Å². The molecule has 2 rings (SSSR count). The van der Waals surface area contributed by atoms with Gasteiger partial charge in [0, 0.05) is 10.5 Å². The molecule has 0 heterocycles. The molecule has 0 spiro atoms. The number of hydrogen-bond acceptors (Lipinski definition) is 4. The van der Waals surface area contributed by atoms with Crippen LogP contribution >= 0.6 is 15.9 Å². The lowest BCUT2D eigenvalue weighted by Gasteiger charge is -2.07. The van der Waals surface area contributed by atoms with E-state index in [2.05, 4.69) is 21.2 Å². The summed E-state index contributed by atoms with van der Waals surface area (Å²) in [6.07, 6.45) is 0. The number of para-hydroxylation sites is 1. The SMILES string of the molecule is N#Cc1cc(Br)ccc1NC(=O)c1ccccc1[N+](=O)[O-]. The number of rotatable bonds is 3. The molecule has 0 bridgehead atoms. The van der Waals surface area contributed by atoms with Gasteiger partial charge in [0.05, 0.1) is 16.2 Å². The molecule has 104 valence electrons. The van der Waals surface area contributed by atoms with Gasteiger partial charge >= 0.3 is 0 Å². The molecule has 0 aliphatic carbocycles. The predicted octanol–water partition coefficient (Wildman–Crippen LogP) is 3.48. The molecule has 0 fully saturated rings.